The highest BCUT2D eigenvalue weighted by atomic mass is 16.6. The van der Waals surface area contributed by atoms with Gasteiger partial charge in [-0.15, -0.1) is 0 Å². The molecule has 1 aliphatic rings. The molecule has 0 radical (unpaired) electrons. The van der Waals surface area contributed by atoms with Crippen LogP contribution in [-0.2, 0) is 11.3 Å². The molecular formula is C17H30N4O2. The molecule has 2 rings (SSSR count). The average molecular weight is 322 g/mol. The molecule has 6 heteroatoms. The topological polar surface area (TPSA) is 59.4 Å². The van der Waals surface area contributed by atoms with Crippen LogP contribution in [0.3, 0.4) is 0 Å². The van der Waals surface area contributed by atoms with E-state index in [4.69, 9.17) is 4.74 Å². The molecule has 0 bridgehead atoms. The van der Waals surface area contributed by atoms with Crippen LogP contribution in [0.15, 0.2) is 6.07 Å². The highest BCUT2D eigenvalue weighted by Gasteiger charge is 2.25. The number of aryl methyl sites for hydroxylation is 2. The summed E-state index contributed by atoms with van der Waals surface area (Å²) >= 11 is 0. The van der Waals surface area contributed by atoms with Gasteiger partial charge in [0.05, 0.1) is 12.2 Å². The van der Waals surface area contributed by atoms with Gasteiger partial charge in [-0.25, -0.2) is 4.79 Å². The molecule has 1 atom stereocenters. The van der Waals surface area contributed by atoms with E-state index < -0.39 is 5.60 Å². The van der Waals surface area contributed by atoms with E-state index in [0.29, 0.717) is 12.6 Å². The summed E-state index contributed by atoms with van der Waals surface area (Å²) in [5.74, 6) is 0. The fourth-order valence-electron chi connectivity index (χ4n) is 3.06. The first-order valence-corrected chi connectivity index (χ1v) is 8.46. The average Bonchev–Trinajstić information content (AvgIpc) is 2.98. The number of alkyl carbamates (subject to hydrolysis) is 1. The molecule has 23 heavy (non-hydrogen) atoms. The lowest BCUT2D eigenvalue weighted by atomic mass is 10.2. The number of nitrogens with zero attached hydrogens (tertiary/aromatic N) is 3. The van der Waals surface area contributed by atoms with Crippen molar-refractivity contribution in [1.82, 2.24) is 20.0 Å². The van der Waals surface area contributed by atoms with Crippen molar-refractivity contribution in [3.63, 3.8) is 0 Å². The van der Waals surface area contributed by atoms with Crippen molar-refractivity contribution >= 4 is 6.09 Å². The van der Waals surface area contributed by atoms with Crippen molar-refractivity contribution in [3.8, 4) is 0 Å². The molecule has 1 aromatic heterocycles. The lowest BCUT2D eigenvalue weighted by molar-refractivity contribution is 0.0513. The van der Waals surface area contributed by atoms with Gasteiger partial charge in [-0.05, 0) is 60.1 Å². The van der Waals surface area contributed by atoms with Crippen LogP contribution in [0.4, 0.5) is 4.79 Å². The largest absolute Gasteiger partial charge is 0.444 e. The van der Waals surface area contributed by atoms with Crippen LogP contribution in [-0.4, -0.2) is 52.1 Å². The third-order valence-electron chi connectivity index (χ3n) is 4.08. The molecule has 0 aliphatic carbocycles. The minimum atomic E-state index is -0.449. The molecule has 1 fully saturated rings. The SMILES string of the molecule is Cc1cc(C)n(CCN2CCCC2CNC(=O)OC(C)(C)C)n1. The highest BCUT2D eigenvalue weighted by molar-refractivity contribution is 5.67. The molecular weight excluding hydrogens is 292 g/mol. The zero-order chi connectivity index (χ0) is 17.0. The number of aromatic nitrogens is 2. The fraction of sp³-hybridized carbons (Fsp3) is 0.765. The van der Waals surface area contributed by atoms with Crippen LogP contribution >= 0.6 is 0 Å². The summed E-state index contributed by atoms with van der Waals surface area (Å²) in [6.07, 6.45) is 1.97. The van der Waals surface area contributed by atoms with Crippen molar-refractivity contribution in [1.29, 1.82) is 0 Å². The number of carbonyl (C=O) groups excluding carboxylic acids is 1. The van der Waals surface area contributed by atoms with Crippen molar-refractivity contribution in [2.75, 3.05) is 19.6 Å². The van der Waals surface area contributed by atoms with Gasteiger partial charge in [-0.1, -0.05) is 0 Å². The highest BCUT2D eigenvalue weighted by Crippen LogP contribution is 2.17. The molecule has 0 spiro atoms. The monoisotopic (exact) mass is 322 g/mol. The molecule has 1 aliphatic heterocycles. The van der Waals surface area contributed by atoms with Gasteiger partial charge in [-0.3, -0.25) is 9.58 Å². The van der Waals surface area contributed by atoms with Gasteiger partial charge in [0.15, 0.2) is 0 Å². The van der Waals surface area contributed by atoms with Crippen molar-refractivity contribution < 1.29 is 9.53 Å². The van der Waals surface area contributed by atoms with E-state index in [2.05, 4.69) is 33.0 Å². The van der Waals surface area contributed by atoms with Gasteiger partial charge < -0.3 is 10.1 Å². The van der Waals surface area contributed by atoms with Crippen molar-refractivity contribution in [2.45, 2.75) is 65.6 Å². The zero-order valence-electron chi connectivity index (χ0n) is 15.1. The Hall–Kier alpha value is -1.56. The Labute approximate surface area is 139 Å². The smallest absolute Gasteiger partial charge is 0.407 e. The number of nitrogens with one attached hydrogen (secondary N) is 1. The Kier molecular flexibility index (Phi) is 5.68. The zero-order valence-corrected chi connectivity index (χ0v) is 15.1. The summed E-state index contributed by atoms with van der Waals surface area (Å²) in [7, 11) is 0. The Morgan fingerprint density at radius 2 is 2.13 bits per heavy atom. The van der Waals surface area contributed by atoms with Gasteiger partial charge in [0.2, 0.25) is 0 Å². The molecule has 1 unspecified atom stereocenters. The molecule has 1 amide bonds. The molecule has 130 valence electrons. The molecule has 1 N–H and O–H groups in total. The van der Waals surface area contributed by atoms with Crippen molar-refractivity contribution in [2.24, 2.45) is 0 Å². The van der Waals surface area contributed by atoms with E-state index in [1.165, 1.54) is 12.1 Å². The maximum absolute atomic E-state index is 11.8. The lowest BCUT2D eigenvalue weighted by Crippen LogP contribution is -2.43. The van der Waals surface area contributed by atoms with Crippen LogP contribution in [0.1, 0.15) is 45.0 Å². The van der Waals surface area contributed by atoms with Crippen LogP contribution in [0.5, 0.6) is 0 Å². The minimum absolute atomic E-state index is 0.331. The van der Waals surface area contributed by atoms with Gasteiger partial charge in [0, 0.05) is 24.8 Å². The maximum atomic E-state index is 11.8. The first-order chi connectivity index (χ1) is 10.7. The van der Waals surface area contributed by atoms with Crippen LogP contribution in [0, 0.1) is 13.8 Å². The van der Waals surface area contributed by atoms with E-state index >= 15 is 0 Å². The Morgan fingerprint density at radius 3 is 2.74 bits per heavy atom. The summed E-state index contributed by atoms with van der Waals surface area (Å²) in [6, 6.07) is 2.49. The van der Waals surface area contributed by atoms with Crippen molar-refractivity contribution in [3.05, 3.63) is 17.5 Å². The normalized spacial score (nSPS) is 19.1. The molecule has 1 aromatic rings. The Balaban J connectivity index is 1.79. The van der Waals surface area contributed by atoms with E-state index in [-0.39, 0.29) is 6.09 Å². The number of rotatable bonds is 5. The predicted octanol–water partition coefficient (Wildman–Crippen LogP) is 2.49. The molecule has 6 nitrogen and oxygen atoms in total. The van der Waals surface area contributed by atoms with Crippen LogP contribution in [0.2, 0.25) is 0 Å². The van der Waals surface area contributed by atoms with Crippen LogP contribution < -0.4 is 5.32 Å². The molecule has 0 aromatic carbocycles. The summed E-state index contributed by atoms with van der Waals surface area (Å²) < 4.78 is 7.36. The number of ether oxygens (including phenoxy) is 1. The first kappa shape index (κ1) is 17.8. The van der Waals surface area contributed by atoms with Gasteiger partial charge in [-0.2, -0.15) is 5.10 Å². The second-order valence-electron chi connectivity index (χ2n) is 7.37. The molecule has 2 heterocycles. The molecule has 1 saturated heterocycles. The van der Waals surface area contributed by atoms with E-state index in [1.54, 1.807) is 0 Å². The van der Waals surface area contributed by atoms with Crippen LogP contribution in [0.25, 0.3) is 0 Å². The first-order valence-electron chi connectivity index (χ1n) is 8.46. The summed E-state index contributed by atoms with van der Waals surface area (Å²) in [5.41, 5.74) is 1.81. The maximum Gasteiger partial charge on any atom is 0.407 e. The van der Waals surface area contributed by atoms with Gasteiger partial charge in [0.1, 0.15) is 5.60 Å². The number of carbonyl (C=O) groups is 1. The second kappa shape index (κ2) is 7.34. The predicted molar refractivity (Wildman–Crippen MR) is 90.5 cm³/mol. The third kappa shape index (κ3) is 5.53. The summed E-state index contributed by atoms with van der Waals surface area (Å²) in [5, 5.41) is 7.41. The number of hydrogen-bond acceptors (Lipinski definition) is 4. The quantitative estimate of drug-likeness (QED) is 0.905. The number of amides is 1. The Morgan fingerprint density at radius 1 is 1.39 bits per heavy atom. The minimum Gasteiger partial charge on any atom is -0.444 e. The van der Waals surface area contributed by atoms with E-state index in [0.717, 1.165) is 31.7 Å². The van der Waals surface area contributed by atoms with Gasteiger partial charge in [0.25, 0.3) is 0 Å². The summed E-state index contributed by atoms with van der Waals surface area (Å²) in [4.78, 5) is 14.2. The van der Waals surface area contributed by atoms with E-state index in [9.17, 15) is 4.79 Å². The number of likely N-dealkylation sites (tertiary alicyclic amines) is 1. The Bertz CT molecular complexity index is 533. The standard InChI is InChI=1S/C17H30N4O2/c1-13-11-14(2)21(19-13)10-9-20-8-6-7-15(20)12-18-16(22)23-17(3,4)5/h11,15H,6-10,12H2,1-5H3,(H,18,22). The van der Waals surface area contributed by atoms with Gasteiger partial charge >= 0.3 is 6.09 Å². The van der Waals surface area contributed by atoms with E-state index in [1.807, 2.05) is 27.7 Å². The number of hydrogen-bond donors (Lipinski definition) is 1. The molecule has 0 saturated carbocycles. The summed E-state index contributed by atoms with van der Waals surface area (Å²) in [6.45, 7) is 13.3. The lowest BCUT2D eigenvalue weighted by Gasteiger charge is -2.26. The fourth-order valence-corrected chi connectivity index (χ4v) is 3.06. The third-order valence-corrected chi connectivity index (χ3v) is 4.08. The second-order valence-corrected chi connectivity index (χ2v) is 7.37.